The molecule has 1 aromatic heterocycles. The van der Waals surface area contributed by atoms with Crippen molar-refractivity contribution in [3.05, 3.63) is 54.4 Å². The summed E-state index contributed by atoms with van der Waals surface area (Å²) in [4.78, 5) is 14.3. The molecule has 1 aliphatic rings. The van der Waals surface area contributed by atoms with E-state index in [2.05, 4.69) is 15.0 Å². The molecule has 0 aliphatic carbocycles. The molecule has 1 amide bonds. The largest absolute Gasteiger partial charge is 0.337 e. The molecule has 29 heavy (non-hydrogen) atoms. The summed E-state index contributed by atoms with van der Waals surface area (Å²) in [5, 5.41) is 9.80. The van der Waals surface area contributed by atoms with Crippen molar-refractivity contribution in [1.29, 1.82) is 0 Å². The fraction of sp³-hybridized carbons (Fsp3) is 0.350. The van der Waals surface area contributed by atoms with Crippen LogP contribution in [-0.4, -0.2) is 53.9 Å². The zero-order valence-electron chi connectivity index (χ0n) is 16.0. The molecule has 1 N–H and O–H groups in total. The van der Waals surface area contributed by atoms with Crippen molar-refractivity contribution in [3.63, 3.8) is 0 Å². The normalized spacial score (nSPS) is 14.6. The maximum Gasteiger partial charge on any atom is 0.276 e. The van der Waals surface area contributed by atoms with Gasteiger partial charge in [0.2, 0.25) is 10.0 Å². The molecule has 9 heteroatoms. The van der Waals surface area contributed by atoms with E-state index in [4.69, 9.17) is 0 Å². The number of likely N-dealkylation sites (tertiary alicyclic amines) is 1. The van der Waals surface area contributed by atoms with Crippen LogP contribution in [0.2, 0.25) is 0 Å². The zero-order chi connectivity index (χ0) is 20.3. The number of aryl methyl sites for hydroxylation is 1. The van der Waals surface area contributed by atoms with Crippen LogP contribution in [0.3, 0.4) is 0 Å². The molecule has 1 saturated heterocycles. The molecule has 1 aliphatic heterocycles. The molecule has 3 aromatic rings. The Morgan fingerprint density at radius 1 is 1.07 bits per heavy atom. The Morgan fingerprint density at radius 2 is 1.83 bits per heavy atom. The van der Waals surface area contributed by atoms with E-state index >= 15 is 0 Å². The quantitative estimate of drug-likeness (QED) is 0.598. The van der Waals surface area contributed by atoms with E-state index in [1.165, 1.54) is 0 Å². The fourth-order valence-electron chi connectivity index (χ4n) is 3.45. The predicted molar refractivity (Wildman–Crippen MR) is 109 cm³/mol. The van der Waals surface area contributed by atoms with E-state index in [9.17, 15) is 13.2 Å². The number of carbonyl (C=O) groups is 1. The van der Waals surface area contributed by atoms with E-state index in [0.717, 1.165) is 36.7 Å². The van der Waals surface area contributed by atoms with E-state index in [-0.39, 0.29) is 17.3 Å². The van der Waals surface area contributed by atoms with Gasteiger partial charge in [0.15, 0.2) is 5.69 Å². The Balaban J connectivity index is 1.31. The van der Waals surface area contributed by atoms with Gasteiger partial charge in [-0.25, -0.2) is 13.1 Å². The Bertz CT molecular complexity index is 1120. The summed E-state index contributed by atoms with van der Waals surface area (Å²) in [6.45, 7) is 2.27. The number of amides is 1. The van der Waals surface area contributed by atoms with Crippen molar-refractivity contribution in [2.75, 3.05) is 19.6 Å². The third kappa shape index (κ3) is 4.46. The number of hydrogen-bond donors (Lipinski definition) is 1. The van der Waals surface area contributed by atoms with E-state index < -0.39 is 10.0 Å². The number of hydrogen-bond acceptors (Lipinski definition) is 5. The van der Waals surface area contributed by atoms with Crippen LogP contribution in [0.1, 0.15) is 29.8 Å². The molecule has 0 spiro atoms. The van der Waals surface area contributed by atoms with Crippen molar-refractivity contribution in [1.82, 2.24) is 24.6 Å². The van der Waals surface area contributed by atoms with Crippen molar-refractivity contribution in [2.45, 2.75) is 30.7 Å². The molecular weight excluding hydrogens is 390 g/mol. The number of benzene rings is 2. The van der Waals surface area contributed by atoms with Crippen LogP contribution in [0.25, 0.3) is 10.8 Å². The van der Waals surface area contributed by atoms with Crippen LogP contribution >= 0.6 is 0 Å². The summed E-state index contributed by atoms with van der Waals surface area (Å²) in [6, 6.07) is 12.7. The Kier molecular flexibility index (Phi) is 5.59. The van der Waals surface area contributed by atoms with Crippen LogP contribution in [-0.2, 0) is 16.6 Å². The number of sulfonamides is 1. The molecule has 1 fully saturated rings. The zero-order valence-corrected chi connectivity index (χ0v) is 16.8. The lowest BCUT2D eigenvalue weighted by atomic mass is 10.1. The molecule has 4 rings (SSSR count). The van der Waals surface area contributed by atoms with Crippen molar-refractivity contribution in [2.24, 2.45) is 0 Å². The molecule has 0 bridgehead atoms. The lowest BCUT2D eigenvalue weighted by Crippen LogP contribution is -2.27. The number of nitrogens with zero attached hydrogens (tertiary/aromatic N) is 4. The third-order valence-electron chi connectivity index (χ3n) is 5.04. The Hall–Kier alpha value is -2.78. The summed E-state index contributed by atoms with van der Waals surface area (Å²) in [6.07, 6.45) is 4.21. The molecule has 2 heterocycles. The second-order valence-corrected chi connectivity index (χ2v) is 8.89. The average molecular weight is 414 g/mol. The molecule has 0 unspecified atom stereocenters. The van der Waals surface area contributed by atoms with Crippen LogP contribution < -0.4 is 4.72 Å². The minimum Gasteiger partial charge on any atom is -0.337 e. The minimum atomic E-state index is -3.58. The molecule has 2 aromatic carbocycles. The number of rotatable bonds is 7. The van der Waals surface area contributed by atoms with Crippen LogP contribution in [0.15, 0.2) is 53.6 Å². The first-order valence-corrected chi connectivity index (χ1v) is 11.2. The maximum absolute atomic E-state index is 12.5. The first-order valence-electron chi connectivity index (χ1n) is 9.71. The van der Waals surface area contributed by atoms with Gasteiger partial charge in [-0.1, -0.05) is 35.5 Å². The Labute approximate surface area is 169 Å². The lowest BCUT2D eigenvalue weighted by molar-refractivity contribution is 0.0787. The lowest BCUT2D eigenvalue weighted by Gasteiger charge is -2.12. The topological polar surface area (TPSA) is 97.2 Å². The van der Waals surface area contributed by atoms with Crippen LogP contribution in [0.4, 0.5) is 0 Å². The third-order valence-corrected chi connectivity index (χ3v) is 6.50. The highest BCUT2D eigenvalue weighted by Crippen LogP contribution is 2.18. The second-order valence-electron chi connectivity index (χ2n) is 7.13. The monoisotopic (exact) mass is 413 g/mol. The van der Waals surface area contributed by atoms with Crippen LogP contribution in [0.5, 0.6) is 0 Å². The van der Waals surface area contributed by atoms with Gasteiger partial charge in [-0.05, 0) is 42.2 Å². The van der Waals surface area contributed by atoms with E-state index in [0.29, 0.717) is 18.7 Å². The highest BCUT2D eigenvalue weighted by Gasteiger charge is 2.22. The van der Waals surface area contributed by atoms with Gasteiger partial charge in [-0.2, -0.15) is 0 Å². The van der Waals surface area contributed by atoms with Gasteiger partial charge in [0, 0.05) is 26.2 Å². The molecular formula is C20H23N5O3S. The van der Waals surface area contributed by atoms with E-state index in [1.807, 2.05) is 24.3 Å². The molecule has 0 saturated carbocycles. The maximum atomic E-state index is 12.5. The van der Waals surface area contributed by atoms with Gasteiger partial charge in [-0.3, -0.25) is 9.48 Å². The number of carbonyl (C=O) groups excluding carboxylic acids is 1. The fourth-order valence-corrected chi connectivity index (χ4v) is 4.56. The second kappa shape index (κ2) is 8.30. The van der Waals surface area contributed by atoms with Gasteiger partial charge >= 0.3 is 0 Å². The standard InChI is InChI=1S/C20H23N5O3S/c26-20(24-11-3-4-12-24)19-15-25(23-22-19)13-5-10-21-29(27,28)18-9-8-16-6-1-2-7-17(16)14-18/h1-2,6-9,14-15,21H,3-5,10-13H2. The van der Waals surface area contributed by atoms with Gasteiger partial charge in [0.1, 0.15) is 0 Å². The van der Waals surface area contributed by atoms with Gasteiger partial charge < -0.3 is 4.90 Å². The summed E-state index contributed by atoms with van der Waals surface area (Å²) < 4.78 is 29.3. The minimum absolute atomic E-state index is 0.0919. The predicted octanol–water partition coefficient (Wildman–Crippen LogP) is 2.04. The summed E-state index contributed by atoms with van der Waals surface area (Å²) in [5.74, 6) is -0.0919. The highest BCUT2D eigenvalue weighted by molar-refractivity contribution is 7.89. The van der Waals surface area contributed by atoms with Crippen molar-refractivity contribution in [3.8, 4) is 0 Å². The first kappa shape index (κ1) is 19.5. The summed E-state index contributed by atoms with van der Waals surface area (Å²) >= 11 is 0. The number of aromatic nitrogens is 3. The molecule has 8 nitrogen and oxygen atoms in total. The SMILES string of the molecule is O=C(c1cn(CCCNS(=O)(=O)c2ccc3ccccc3c2)nn1)N1CCCC1. The number of fused-ring (bicyclic) bond motifs is 1. The Morgan fingerprint density at radius 3 is 2.62 bits per heavy atom. The van der Waals surface area contributed by atoms with Gasteiger partial charge in [-0.15, -0.1) is 5.10 Å². The smallest absolute Gasteiger partial charge is 0.276 e. The summed E-state index contributed by atoms with van der Waals surface area (Å²) in [5.41, 5.74) is 0.337. The number of nitrogens with one attached hydrogen (secondary N) is 1. The molecule has 152 valence electrons. The van der Waals surface area contributed by atoms with Gasteiger partial charge in [0.05, 0.1) is 11.1 Å². The van der Waals surface area contributed by atoms with Crippen molar-refractivity contribution >= 4 is 26.7 Å². The van der Waals surface area contributed by atoms with E-state index in [1.54, 1.807) is 34.0 Å². The average Bonchev–Trinajstić information content (AvgIpc) is 3.43. The van der Waals surface area contributed by atoms with Crippen molar-refractivity contribution < 1.29 is 13.2 Å². The van der Waals surface area contributed by atoms with Gasteiger partial charge in [0.25, 0.3) is 5.91 Å². The first-order chi connectivity index (χ1) is 14.0. The molecule has 0 atom stereocenters. The van der Waals surface area contributed by atoms with Crippen LogP contribution in [0, 0.1) is 0 Å². The molecule has 0 radical (unpaired) electrons. The highest BCUT2D eigenvalue weighted by atomic mass is 32.2. The summed E-state index contributed by atoms with van der Waals surface area (Å²) in [7, 11) is -3.58.